The molecule has 0 amide bonds. The number of thiophene rings is 1. The van der Waals surface area contributed by atoms with E-state index in [0.29, 0.717) is 12.8 Å². The van der Waals surface area contributed by atoms with Crippen molar-refractivity contribution in [1.82, 2.24) is 0 Å². The molecule has 0 aromatic carbocycles. The van der Waals surface area contributed by atoms with Crippen LogP contribution in [-0.2, 0) is 14.3 Å². The van der Waals surface area contributed by atoms with Crippen LogP contribution in [0, 0.1) is 5.92 Å². The normalized spacial score (nSPS) is 24.4. The Labute approximate surface area is 104 Å². The molecule has 1 aromatic rings. The van der Waals surface area contributed by atoms with Crippen LogP contribution >= 0.6 is 11.3 Å². The Hall–Kier alpha value is -1.42. The molecule has 17 heavy (non-hydrogen) atoms. The maximum absolute atomic E-state index is 12.0. The lowest BCUT2D eigenvalue weighted by Crippen LogP contribution is -2.29. The molecule has 0 spiro atoms. The van der Waals surface area contributed by atoms with Gasteiger partial charge in [-0.25, -0.2) is 0 Å². The van der Waals surface area contributed by atoms with E-state index < -0.39 is 11.9 Å². The second kappa shape index (κ2) is 5.27. The molecule has 4 heteroatoms. The topological polar surface area (TPSA) is 43.4 Å². The minimum absolute atomic E-state index is 0.0275. The van der Waals surface area contributed by atoms with E-state index in [9.17, 15) is 9.59 Å². The van der Waals surface area contributed by atoms with Gasteiger partial charge in [0.2, 0.25) is 0 Å². The molecule has 1 heterocycles. The van der Waals surface area contributed by atoms with E-state index in [-0.39, 0.29) is 11.7 Å². The molecule has 0 bridgehead atoms. The summed E-state index contributed by atoms with van der Waals surface area (Å²) in [6.45, 7) is 0. The second-order valence-electron chi connectivity index (χ2n) is 3.98. The molecular weight excluding hydrogens is 236 g/mol. The number of ether oxygens (including phenoxy) is 1. The third-order valence-corrected chi connectivity index (χ3v) is 3.91. The Morgan fingerprint density at radius 1 is 1.53 bits per heavy atom. The molecule has 0 N–H and O–H groups in total. The molecule has 0 unspecified atom stereocenters. The highest BCUT2D eigenvalue weighted by atomic mass is 32.1. The number of hydrogen-bond donors (Lipinski definition) is 0. The zero-order chi connectivity index (χ0) is 12.3. The van der Waals surface area contributed by atoms with Gasteiger partial charge in [0.05, 0.1) is 7.11 Å². The average Bonchev–Trinajstić information content (AvgIpc) is 2.79. The largest absolute Gasteiger partial charge is 0.468 e. The Balaban J connectivity index is 2.36. The highest BCUT2D eigenvalue weighted by Crippen LogP contribution is 2.34. The summed E-state index contributed by atoms with van der Waals surface area (Å²) < 4.78 is 4.75. The predicted octanol–water partition coefficient (Wildman–Crippen LogP) is 2.54. The van der Waals surface area contributed by atoms with Crippen molar-refractivity contribution in [2.75, 3.05) is 7.11 Å². The third-order valence-electron chi connectivity index (χ3n) is 2.93. The number of allylic oxidation sites excluding steroid dienone is 2. The fourth-order valence-electron chi connectivity index (χ4n) is 2.08. The maximum atomic E-state index is 12.0. The summed E-state index contributed by atoms with van der Waals surface area (Å²) in [4.78, 5) is 24.8. The van der Waals surface area contributed by atoms with Gasteiger partial charge < -0.3 is 4.74 Å². The molecule has 0 radical (unpaired) electrons. The fraction of sp³-hybridized carbons (Fsp3) is 0.385. The van der Waals surface area contributed by atoms with Crippen LogP contribution in [0.25, 0.3) is 0 Å². The van der Waals surface area contributed by atoms with Crippen molar-refractivity contribution in [3.8, 4) is 0 Å². The first-order valence-corrected chi connectivity index (χ1v) is 6.42. The number of Topliss-reactive ketones (excluding diaryl/α,β-unsaturated/α-hetero) is 1. The van der Waals surface area contributed by atoms with Crippen molar-refractivity contribution in [1.29, 1.82) is 0 Å². The lowest BCUT2D eigenvalue weighted by atomic mass is 9.87. The zero-order valence-electron chi connectivity index (χ0n) is 9.59. The molecule has 3 nitrogen and oxygen atoms in total. The van der Waals surface area contributed by atoms with Gasteiger partial charge in [-0.1, -0.05) is 18.2 Å². The SMILES string of the molecule is COC(=O)[C@H]1C(=O)CCC=C[C@@H]1c1cccs1. The number of methoxy groups -OCH3 is 1. The number of esters is 1. The van der Waals surface area contributed by atoms with Crippen LogP contribution in [0.4, 0.5) is 0 Å². The standard InChI is InChI=1S/C13H14O3S/c1-16-13(15)12-9(11-7-4-8-17-11)5-2-3-6-10(12)14/h2,4-5,7-9,12H,3,6H2,1H3/t9-,12-/m1/s1. The van der Waals surface area contributed by atoms with Crippen LogP contribution in [0.1, 0.15) is 23.6 Å². The Kier molecular flexibility index (Phi) is 3.74. The van der Waals surface area contributed by atoms with Crippen molar-refractivity contribution >= 4 is 23.1 Å². The molecule has 0 saturated carbocycles. The summed E-state index contributed by atoms with van der Waals surface area (Å²) in [6, 6.07) is 3.88. The fourth-order valence-corrected chi connectivity index (χ4v) is 2.92. The first-order chi connectivity index (χ1) is 8.24. The smallest absolute Gasteiger partial charge is 0.317 e. The van der Waals surface area contributed by atoms with E-state index in [0.717, 1.165) is 4.88 Å². The van der Waals surface area contributed by atoms with Crippen LogP contribution in [0.2, 0.25) is 0 Å². The highest BCUT2D eigenvalue weighted by molar-refractivity contribution is 7.10. The zero-order valence-corrected chi connectivity index (χ0v) is 10.4. The minimum atomic E-state index is -0.683. The molecule has 0 fully saturated rings. The van der Waals surface area contributed by atoms with Gasteiger partial charge >= 0.3 is 5.97 Å². The molecule has 2 rings (SSSR count). The van der Waals surface area contributed by atoms with Gasteiger partial charge in [0, 0.05) is 17.2 Å². The van der Waals surface area contributed by atoms with Gasteiger partial charge in [-0.05, 0) is 17.9 Å². The van der Waals surface area contributed by atoms with Crippen LogP contribution in [0.15, 0.2) is 29.7 Å². The van der Waals surface area contributed by atoms with Gasteiger partial charge in [-0.2, -0.15) is 0 Å². The molecular formula is C13H14O3S. The Morgan fingerprint density at radius 2 is 2.35 bits per heavy atom. The molecule has 1 aromatic heterocycles. The molecule has 0 saturated heterocycles. The van der Waals surface area contributed by atoms with E-state index in [1.165, 1.54) is 7.11 Å². The Bertz CT molecular complexity index is 434. The summed E-state index contributed by atoms with van der Waals surface area (Å²) in [5.41, 5.74) is 0. The summed E-state index contributed by atoms with van der Waals surface area (Å²) in [7, 11) is 1.33. The minimum Gasteiger partial charge on any atom is -0.468 e. The van der Waals surface area contributed by atoms with Crippen molar-refractivity contribution in [3.05, 3.63) is 34.5 Å². The summed E-state index contributed by atoms with van der Waals surface area (Å²) in [5.74, 6) is -1.31. The van der Waals surface area contributed by atoms with Crippen LogP contribution in [0.3, 0.4) is 0 Å². The van der Waals surface area contributed by atoms with Crippen molar-refractivity contribution < 1.29 is 14.3 Å². The summed E-state index contributed by atoms with van der Waals surface area (Å²) in [5, 5.41) is 1.95. The number of ketones is 1. The van der Waals surface area contributed by atoms with E-state index in [2.05, 4.69) is 0 Å². The lowest BCUT2D eigenvalue weighted by Gasteiger charge is -2.18. The van der Waals surface area contributed by atoms with E-state index in [4.69, 9.17) is 4.74 Å². The number of carbonyl (C=O) groups is 2. The molecule has 90 valence electrons. The summed E-state index contributed by atoms with van der Waals surface area (Å²) in [6.07, 6.45) is 5.05. The van der Waals surface area contributed by atoms with Gasteiger partial charge in [0.1, 0.15) is 11.7 Å². The molecule has 1 aliphatic rings. The van der Waals surface area contributed by atoms with E-state index in [1.54, 1.807) is 11.3 Å². The van der Waals surface area contributed by atoms with Crippen LogP contribution < -0.4 is 0 Å². The first-order valence-electron chi connectivity index (χ1n) is 5.54. The monoisotopic (exact) mass is 250 g/mol. The van der Waals surface area contributed by atoms with Crippen molar-refractivity contribution in [2.45, 2.75) is 18.8 Å². The Morgan fingerprint density at radius 3 is 3.00 bits per heavy atom. The van der Waals surface area contributed by atoms with Crippen molar-refractivity contribution in [2.24, 2.45) is 5.92 Å². The van der Waals surface area contributed by atoms with Gasteiger partial charge in [-0.15, -0.1) is 11.3 Å². The summed E-state index contributed by atoms with van der Waals surface area (Å²) >= 11 is 1.56. The third kappa shape index (κ3) is 2.47. The predicted molar refractivity (Wildman–Crippen MR) is 65.9 cm³/mol. The molecule has 1 aliphatic carbocycles. The number of rotatable bonds is 2. The van der Waals surface area contributed by atoms with E-state index >= 15 is 0 Å². The maximum Gasteiger partial charge on any atom is 0.317 e. The van der Waals surface area contributed by atoms with Gasteiger partial charge in [0.25, 0.3) is 0 Å². The van der Waals surface area contributed by atoms with Gasteiger partial charge in [0.15, 0.2) is 0 Å². The van der Waals surface area contributed by atoms with Gasteiger partial charge in [-0.3, -0.25) is 9.59 Å². The first kappa shape index (κ1) is 12.0. The number of hydrogen-bond acceptors (Lipinski definition) is 4. The molecule has 0 aliphatic heterocycles. The quantitative estimate of drug-likeness (QED) is 0.460. The number of carbonyl (C=O) groups excluding carboxylic acids is 2. The lowest BCUT2D eigenvalue weighted by molar-refractivity contribution is -0.149. The van der Waals surface area contributed by atoms with Crippen LogP contribution in [0.5, 0.6) is 0 Å². The second-order valence-corrected chi connectivity index (χ2v) is 4.95. The van der Waals surface area contributed by atoms with Crippen molar-refractivity contribution in [3.63, 3.8) is 0 Å². The van der Waals surface area contributed by atoms with Crippen LogP contribution in [-0.4, -0.2) is 18.9 Å². The highest BCUT2D eigenvalue weighted by Gasteiger charge is 2.36. The average molecular weight is 250 g/mol. The van der Waals surface area contributed by atoms with E-state index in [1.807, 2.05) is 29.7 Å². The molecule has 2 atom stereocenters.